The predicted molar refractivity (Wildman–Crippen MR) is 46.8 cm³/mol. The van der Waals surface area contributed by atoms with Gasteiger partial charge in [0.15, 0.2) is 0 Å². The first kappa shape index (κ1) is 6.91. The highest BCUT2D eigenvalue weighted by Crippen LogP contribution is 2.17. The molecule has 0 fully saturated rings. The van der Waals surface area contributed by atoms with Crippen molar-refractivity contribution in [3.63, 3.8) is 0 Å². The smallest absolute Gasteiger partial charge is 0.0920 e. The van der Waals surface area contributed by atoms with Gasteiger partial charge in [-0.2, -0.15) is 5.10 Å². The summed E-state index contributed by atoms with van der Waals surface area (Å²) < 4.78 is 0. The molecule has 1 aromatic heterocycles. The van der Waals surface area contributed by atoms with Crippen LogP contribution in [0.3, 0.4) is 0 Å². The van der Waals surface area contributed by atoms with Crippen LogP contribution in [-0.4, -0.2) is 10.2 Å². The standard InChI is InChI=1S/C9H8N3/c10-8-3-1-7(2-4-8)9-5-6-11-12-9/h1-6,10H,(H,11,12). The van der Waals surface area contributed by atoms with Gasteiger partial charge in [0.05, 0.1) is 11.4 Å². The zero-order valence-corrected chi connectivity index (χ0v) is 6.41. The van der Waals surface area contributed by atoms with Gasteiger partial charge in [-0.1, -0.05) is 12.1 Å². The molecule has 0 atom stereocenters. The Morgan fingerprint density at radius 3 is 2.42 bits per heavy atom. The highest BCUT2D eigenvalue weighted by molar-refractivity contribution is 5.60. The second-order valence-electron chi connectivity index (χ2n) is 2.54. The van der Waals surface area contributed by atoms with Gasteiger partial charge in [-0.05, 0) is 18.2 Å². The molecular formula is C9H8N3. The van der Waals surface area contributed by atoms with Crippen LogP contribution in [0.2, 0.25) is 0 Å². The quantitative estimate of drug-likeness (QED) is 0.677. The molecule has 3 heteroatoms. The maximum atomic E-state index is 7.29. The topological polar surface area (TPSA) is 52.5 Å². The molecule has 2 rings (SSSR count). The molecule has 1 radical (unpaired) electrons. The van der Waals surface area contributed by atoms with Gasteiger partial charge in [-0.15, -0.1) is 0 Å². The van der Waals surface area contributed by atoms with Gasteiger partial charge < -0.3 is 5.73 Å². The lowest BCUT2D eigenvalue weighted by Gasteiger charge is -1.95. The molecule has 0 aliphatic rings. The lowest BCUT2D eigenvalue weighted by Crippen LogP contribution is -1.77. The Morgan fingerprint density at radius 2 is 1.83 bits per heavy atom. The van der Waals surface area contributed by atoms with E-state index in [4.69, 9.17) is 5.73 Å². The SMILES string of the molecule is [NH]c1ccc(-c2cc[nH]n2)cc1. The molecule has 0 amide bonds. The molecule has 0 unspecified atom stereocenters. The van der Waals surface area contributed by atoms with Crippen LogP contribution in [0, 0.1) is 0 Å². The molecule has 1 heterocycles. The zero-order chi connectivity index (χ0) is 8.39. The lowest BCUT2D eigenvalue weighted by atomic mass is 10.1. The molecule has 12 heavy (non-hydrogen) atoms. The second kappa shape index (κ2) is 2.70. The molecule has 2 aromatic rings. The summed E-state index contributed by atoms with van der Waals surface area (Å²) in [6.45, 7) is 0. The summed E-state index contributed by atoms with van der Waals surface area (Å²) in [4.78, 5) is 0. The first-order chi connectivity index (χ1) is 5.86. The fourth-order valence-corrected chi connectivity index (χ4v) is 1.06. The van der Waals surface area contributed by atoms with Gasteiger partial charge in [0.2, 0.25) is 0 Å². The molecule has 0 saturated heterocycles. The zero-order valence-electron chi connectivity index (χ0n) is 6.41. The van der Waals surface area contributed by atoms with E-state index in [1.54, 1.807) is 18.3 Å². The van der Waals surface area contributed by atoms with E-state index in [-0.39, 0.29) is 0 Å². The van der Waals surface area contributed by atoms with E-state index in [2.05, 4.69) is 10.2 Å². The third-order valence-corrected chi connectivity index (χ3v) is 1.68. The molecule has 0 saturated carbocycles. The maximum Gasteiger partial charge on any atom is 0.0920 e. The first-order valence-corrected chi connectivity index (χ1v) is 3.68. The minimum Gasteiger partial charge on any atom is -0.301 e. The van der Waals surface area contributed by atoms with Crippen LogP contribution in [0.1, 0.15) is 0 Å². The Labute approximate surface area is 70.2 Å². The van der Waals surface area contributed by atoms with E-state index in [9.17, 15) is 0 Å². The Hall–Kier alpha value is -1.77. The Bertz CT molecular complexity index is 348. The molecule has 0 aliphatic carbocycles. The summed E-state index contributed by atoms with van der Waals surface area (Å²) in [7, 11) is 0. The number of nitrogens with zero attached hydrogens (tertiary/aromatic N) is 1. The number of benzene rings is 1. The van der Waals surface area contributed by atoms with E-state index in [1.165, 1.54) is 0 Å². The highest BCUT2D eigenvalue weighted by atomic mass is 15.1. The maximum absolute atomic E-state index is 7.29. The van der Waals surface area contributed by atoms with Gasteiger partial charge in [-0.25, -0.2) is 0 Å². The molecule has 0 spiro atoms. The fraction of sp³-hybridized carbons (Fsp3) is 0. The van der Waals surface area contributed by atoms with Crippen molar-refractivity contribution in [3.8, 4) is 11.3 Å². The number of aromatic amines is 1. The third-order valence-electron chi connectivity index (χ3n) is 1.68. The Kier molecular flexibility index (Phi) is 1.55. The minimum atomic E-state index is 0.522. The van der Waals surface area contributed by atoms with Crippen molar-refractivity contribution >= 4 is 5.69 Å². The van der Waals surface area contributed by atoms with E-state index in [1.807, 2.05) is 18.2 Å². The van der Waals surface area contributed by atoms with Gasteiger partial charge >= 0.3 is 0 Å². The average Bonchev–Trinajstić information content (AvgIpc) is 2.58. The van der Waals surface area contributed by atoms with Crippen LogP contribution >= 0.6 is 0 Å². The first-order valence-electron chi connectivity index (χ1n) is 3.68. The van der Waals surface area contributed by atoms with Crippen LogP contribution in [0.25, 0.3) is 11.3 Å². The monoisotopic (exact) mass is 158 g/mol. The minimum absolute atomic E-state index is 0.522. The number of aromatic nitrogens is 2. The Morgan fingerprint density at radius 1 is 1.08 bits per heavy atom. The van der Waals surface area contributed by atoms with Crippen LogP contribution in [0.4, 0.5) is 5.69 Å². The largest absolute Gasteiger partial charge is 0.301 e. The van der Waals surface area contributed by atoms with Crippen molar-refractivity contribution in [2.24, 2.45) is 0 Å². The highest BCUT2D eigenvalue weighted by Gasteiger charge is 1.97. The molecule has 59 valence electrons. The van der Waals surface area contributed by atoms with Gasteiger partial charge in [-0.3, -0.25) is 5.10 Å². The number of hydrogen-bond donors (Lipinski definition) is 1. The van der Waals surface area contributed by atoms with Gasteiger partial charge in [0.25, 0.3) is 0 Å². The normalized spacial score (nSPS) is 10.0. The van der Waals surface area contributed by atoms with Crippen LogP contribution < -0.4 is 5.73 Å². The van der Waals surface area contributed by atoms with E-state index >= 15 is 0 Å². The number of nitrogens with one attached hydrogen (secondary N) is 2. The summed E-state index contributed by atoms with van der Waals surface area (Å²) >= 11 is 0. The van der Waals surface area contributed by atoms with Crippen molar-refractivity contribution in [1.82, 2.24) is 15.9 Å². The van der Waals surface area contributed by atoms with Crippen molar-refractivity contribution in [2.45, 2.75) is 0 Å². The molecule has 0 aliphatic heterocycles. The summed E-state index contributed by atoms with van der Waals surface area (Å²) in [5, 5.41) is 6.78. The number of hydrogen-bond acceptors (Lipinski definition) is 1. The summed E-state index contributed by atoms with van der Waals surface area (Å²) in [6.07, 6.45) is 1.78. The van der Waals surface area contributed by atoms with Crippen LogP contribution in [-0.2, 0) is 0 Å². The predicted octanol–water partition coefficient (Wildman–Crippen LogP) is 1.99. The fourth-order valence-electron chi connectivity index (χ4n) is 1.06. The van der Waals surface area contributed by atoms with Gasteiger partial charge in [0.1, 0.15) is 0 Å². The van der Waals surface area contributed by atoms with E-state index in [0.717, 1.165) is 11.3 Å². The van der Waals surface area contributed by atoms with E-state index in [0.29, 0.717) is 5.69 Å². The van der Waals surface area contributed by atoms with Crippen molar-refractivity contribution < 1.29 is 0 Å². The van der Waals surface area contributed by atoms with Crippen LogP contribution in [0.15, 0.2) is 36.5 Å². The van der Waals surface area contributed by atoms with Crippen LogP contribution in [0.5, 0.6) is 0 Å². The van der Waals surface area contributed by atoms with Crippen molar-refractivity contribution in [3.05, 3.63) is 36.5 Å². The summed E-state index contributed by atoms with van der Waals surface area (Å²) in [5.41, 5.74) is 9.76. The molecule has 3 nitrogen and oxygen atoms in total. The molecule has 2 N–H and O–H groups in total. The third kappa shape index (κ3) is 1.16. The number of rotatable bonds is 1. The summed E-state index contributed by atoms with van der Waals surface area (Å²) in [6, 6.07) is 9.18. The van der Waals surface area contributed by atoms with E-state index < -0.39 is 0 Å². The molecular weight excluding hydrogens is 150 g/mol. The Balaban J connectivity index is 2.43. The second-order valence-corrected chi connectivity index (χ2v) is 2.54. The summed E-state index contributed by atoms with van der Waals surface area (Å²) in [5.74, 6) is 0. The molecule has 1 aromatic carbocycles. The average molecular weight is 158 g/mol. The van der Waals surface area contributed by atoms with Crippen molar-refractivity contribution in [2.75, 3.05) is 0 Å². The number of H-pyrrole nitrogens is 1. The lowest BCUT2D eigenvalue weighted by molar-refractivity contribution is 1.10. The van der Waals surface area contributed by atoms with Crippen molar-refractivity contribution in [1.29, 1.82) is 0 Å². The van der Waals surface area contributed by atoms with Gasteiger partial charge in [0, 0.05) is 11.8 Å². The molecule has 0 bridgehead atoms.